The van der Waals surface area contributed by atoms with Gasteiger partial charge in [0.1, 0.15) is 0 Å². The molecule has 0 amide bonds. The van der Waals surface area contributed by atoms with E-state index in [4.69, 9.17) is 0 Å². The molecule has 0 aliphatic rings. The van der Waals surface area contributed by atoms with Crippen LogP contribution in [0.1, 0.15) is 0 Å². The van der Waals surface area contributed by atoms with Crippen molar-refractivity contribution in [2.24, 2.45) is 0 Å². The highest BCUT2D eigenvalue weighted by atomic mass is 15.1. The molecule has 0 saturated carbocycles. The molecule has 268 valence electrons. The molecule has 0 aliphatic carbocycles. The molecule has 5 aromatic heterocycles. The molecular weight excluding hydrogens is 705 g/mol. The number of benzene rings is 9. The third kappa shape index (κ3) is 3.70. The van der Waals surface area contributed by atoms with Crippen molar-refractivity contribution in [3.63, 3.8) is 0 Å². The number of hydrogen-bond donors (Lipinski definition) is 0. The average Bonchev–Trinajstić information content (AvgIpc) is 4.07. The molecular formula is C54H32N4. The van der Waals surface area contributed by atoms with Crippen molar-refractivity contribution >= 4 is 115 Å². The van der Waals surface area contributed by atoms with Gasteiger partial charge in [0.2, 0.25) is 0 Å². The summed E-state index contributed by atoms with van der Waals surface area (Å²) in [5.74, 6) is 0. The molecule has 4 heteroatoms. The highest BCUT2D eigenvalue weighted by Gasteiger charge is 2.27. The summed E-state index contributed by atoms with van der Waals surface area (Å²) >= 11 is 0. The second-order valence-corrected chi connectivity index (χ2v) is 15.7. The maximum absolute atomic E-state index is 2.54. The molecule has 0 saturated heterocycles. The van der Waals surface area contributed by atoms with Gasteiger partial charge >= 0.3 is 0 Å². The van der Waals surface area contributed by atoms with E-state index in [1.807, 2.05) is 0 Å². The third-order valence-corrected chi connectivity index (χ3v) is 12.9. The maximum atomic E-state index is 2.54. The fourth-order valence-electron chi connectivity index (χ4n) is 10.6. The summed E-state index contributed by atoms with van der Waals surface area (Å²) < 4.78 is 7.55. The highest BCUT2D eigenvalue weighted by molar-refractivity contribution is 6.31. The van der Waals surface area contributed by atoms with Gasteiger partial charge < -0.3 is 18.3 Å². The Labute approximate surface area is 331 Å². The first-order valence-electron chi connectivity index (χ1n) is 20.0. The second kappa shape index (κ2) is 10.9. The normalized spacial score (nSPS) is 12.5. The van der Waals surface area contributed by atoms with Crippen LogP contribution in [0.5, 0.6) is 0 Å². The van der Waals surface area contributed by atoms with Gasteiger partial charge in [0.15, 0.2) is 0 Å². The lowest BCUT2D eigenvalue weighted by molar-refractivity contribution is 1.20. The molecule has 5 heterocycles. The first-order chi connectivity index (χ1) is 28.8. The van der Waals surface area contributed by atoms with Crippen LogP contribution in [0, 0.1) is 0 Å². The average molecular weight is 737 g/mol. The van der Waals surface area contributed by atoms with Crippen LogP contribution in [0.2, 0.25) is 0 Å². The lowest BCUT2D eigenvalue weighted by Crippen LogP contribution is -2.10. The number of fused-ring (bicyclic) bond motifs is 15. The summed E-state index contributed by atoms with van der Waals surface area (Å²) in [6, 6.07) is 71.4. The Kier molecular flexibility index (Phi) is 5.73. The molecule has 0 fully saturated rings. The Hall–Kier alpha value is -7.82. The molecule has 0 aliphatic heterocycles. The standard InChI is InChI=1S/C54H32N4/c1-3-15-33(16-4-1)55(34-17-5-2-6-18-34)47-29-27-37-41-31-50-42(32-49(41)57-45-25-13-9-21-39(45)51(47)53(37)57)38-28-30-48(52-40-22-10-14-26-46(40)58(50)54(38)52)56-43-23-11-7-19-35(43)36-20-8-12-24-44(36)56/h1-32H. The van der Waals surface area contributed by atoms with Crippen molar-refractivity contribution in [1.29, 1.82) is 0 Å². The summed E-state index contributed by atoms with van der Waals surface area (Å²) in [5, 5.41) is 12.7. The molecule has 9 aromatic carbocycles. The summed E-state index contributed by atoms with van der Waals surface area (Å²) in [5.41, 5.74) is 14.6. The predicted octanol–water partition coefficient (Wildman–Crippen LogP) is 14.6. The molecule has 0 bridgehead atoms. The number of para-hydroxylation sites is 6. The van der Waals surface area contributed by atoms with Crippen molar-refractivity contribution in [1.82, 2.24) is 13.4 Å². The van der Waals surface area contributed by atoms with Gasteiger partial charge in [0.05, 0.1) is 55.5 Å². The van der Waals surface area contributed by atoms with E-state index in [0.717, 1.165) is 11.4 Å². The molecule has 0 atom stereocenters. The van der Waals surface area contributed by atoms with Crippen LogP contribution in [-0.4, -0.2) is 13.4 Å². The molecule has 0 unspecified atom stereocenters. The fraction of sp³-hybridized carbons (Fsp3) is 0. The third-order valence-electron chi connectivity index (χ3n) is 12.9. The monoisotopic (exact) mass is 736 g/mol. The Morgan fingerprint density at radius 1 is 0.293 bits per heavy atom. The number of nitrogens with zero attached hydrogens (tertiary/aromatic N) is 4. The van der Waals surface area contributed by atoms with Crippen molar-refractivity contribution in [2.75, 3.05) is 4.90 Å². The van der Waals surface area contributed by atoms with Gasteiger partial charge in [0.25, 0.3) is 0 Å². The highest BCUT2D eigenvalue weighted by Crippen LogP contribution is 2.50. The summed E-state index contributed by atoms with van der Waals surface area (Å²) in [7, 11) is 0. The van der Waals surface area contributed by atoms with Crippen molar-refractivity contribution in [3.8, 4) is 5.69 Å². The van der Waals surface area contributed by atoms with Gasteiger partial charge in [-0.3, -0.25) is 0 Å². The van der Waals surface area contributed by atoms with E-state index in [0.29, 0.717) is 0 Å². The fourth-order valence-corrected chi connectivity index (χ4v) is 10.6. The van der Waals surface area contributed by atoms with Crippen LogP contribution in [0.3, 0.4) is 0 Å². The quantitative estimate of drug-likeness (QED) is 0.176. The van der Waals surface area contributed by atoms with Gasteiger partial charge in [-0.15, -0.1) is 0 Å². The topological polar surface area (TPSA) is 17.0 Å². The molecule has 14 rings (SSSR count). The SMILES string of the molecule is c1ccc(N(c2ccccc2)c2ccc3c4cc5c(cc4n4c6ccccc6c2c34)c2ccc(-n3c4ccccc4c4ccccc43)c3c4ccccc4n5c23)cc1. The lowest BCUT2D eigenvalue weighted by Gasteiger charge is -2.26. The minimum absolute atomic E-state index is 1.13. The van der Waals surface area contributed by atoms with E-state index in [9.17, 15) is 0 Å². The zero-order valence-electron chi connectivity index (χ0n) is 31.3. The van der Waals surface area contributed by atoms with Crippen LogP contribution in [0.25, 0.3) is 104 Å². The largest absolute Gasteiger partial charge is 0.310 e. The molecule has 58 heavy (non-hydrogen) atoms. The van der Waals surface area contributed by atoms with E-state index in [-0.39, 0.29) is 0 Å². The maximum Gasteiger partial charge on any atom is 0.0641 e. The van der Waals surface area contributed by atoms with Crippen LogP contribution >= 0.6 is 0 Å². The van der Waals surface area contributed by atoms with Gasteiger partial charge in [-0.1, -0.05) is 121 Å². The summed E-state index contributed by atoms with van der Waals surface area (Å²) in [6.07, 6.45) is 0. The van der Waals surface area contributed by atoms with Crippen LogP contribution < -0.4 is 4.90 Å². The minimum atomic E-state index is 1.13. The van der Waals surface area contributed by atoms with Crippen LogP contribution in [0.4, 0.5) is 17.1 Å². The van der Waals surface area contributed by atoms with Gasteiger partial charge in [-0.25, -0.2) is 0 Å². The Morgan fingerprint density at radius 2 is 0.724 bits per heavy atom. The lowest BCUT2D eigenvalue weighted by atomic mass is 10.0. The number of anilines is 3. The second-order valence-electron chi connectivity index (χ2n) is 15.7. The summed E-state index contributed by atoms with van der Waals surface area (Å²) in [6.45, 7) is 0. The Morgan fingerprint density at radius 3 is 1.28 bits per heavy atom. The first kappa shape index (κ1) is 30.4. The first-order valence-corrected chi connectivity index (χ1v) is 20.0. The predicted molar refractivity (Wildman–Crippen MR) is 245 cm³/mol. The van der Waals surface area contributed by atoms with Gasteiger partial charge in [-0.2, -0.15) is 0 Å². The molecule has 0 spiro atoms. The van der Waals surface area contributed by atoms with E-state index < -0.39 is 0 Å². The smallest absolute Gasteiger partial charge is 0.0641 e. The molecule has 0 radical (unpaired) electrons. The van der Waals surface area contributed by atoms with Gasteiger partial charge in [-0.05, 0) is 72.8 Å². The van der Waals surface area contributed by atoms with Crippen molar-refractivity contribution in [3.05, 3.63) is 194 Å². The Balaban J connectivity index is 1.11. The zero-order chi connectivity index (χ0) is 37.6. The van der Waals surface area contributed by atoms with Crippen LogP contribution in [-0.2, 0) is 0 Å². The van der Waals surface area contributed by atoms with E-state index in [2.05, 4.69) is 212 Å². The molecule has 0 N–H and O–H groups in total. The molecule has 14 aromatic rings. The van der Waals surface area contributed by atoms with Crippen molar-refractivity contribution in [2.45, 2.75) is 0 Å². The minimum Gasteiger partial charge on any atom is -0.310 e. The van der Waals surface area contributed by atoms with E-state index in [1.165, 1.54) is 109 Å². The summed E-state index contributed by atoms with van der Waals surface area (Å²) in [4.78, 5) is 2.41. The van der Waals surface area contributed by atoms with Crippen LogP contribution in [0.15, 0.2) is 194 Å². The van der Waals surface area contributed by atoms with Crippen molar-refractivity contribution < 1.29 is 0 Å². The van der Waals surface area contributed by atoms with E-state index in [1.54, 1.807) is 0 Å². The van der Waals surface area contributed by atoms with E-state index >= 15 is 0 Å². The molecule has 4 nitrogen and oxygen atoms in total. The zero-order valence-corrected chi connectivity index (χ0v) is 31.3. The van der Waals surface area contributed by atoms with Gasteiger partial charge in [0, 0.05) is 65.2 Å². The number of hydrogen-bond acceptors (Lipinski definition) is 1. The Bertz CT molecular complexity index is 3870. The number of aromatic nitrogens is 3. The number of rotatable bonds is 4.